The van der Waals surface area contributed by atoms with Crippen molar-refractivity contribution in [3.63, 3.8) is 0 Å². The molecule has 0 spiro atoms. The van der Waals surface area contributed by atoms with Gasteiger partial charge in [0.25, 0.3) is 0 Å². The fourth-order valence-corrected chi connectivity index (χ4v) is 6.23. The molecule has 0 saturated carbocycles. The highest BCUT2D eigenvalue weighted by atomic mass is 16.1. The zero-order valence-electron chi connectivity index (χ0n) is 24.8. The van der Waals surface area contributed by atoms with Crippen molar-refractivity contribution in [1.29, 1.82) is 0 Å². The maximum Gasteiger partial charge on any atom is 0.193 e. The predicted molar refractivity (Wildman–Crippen MR) is 170 cm³/mol. The van der Waals surface area contributed by atoms with E-state index in [2.05, 4.69) is 85.8 Å². The van der Waals surface area contributed by atoms with E-state index in [1.165, 1.54) is 11.3 Å². The number of hydrogen-bond donors (Lipinski definition) is 0. The van der Waals surface area contributed by atoms with Gasteiger partial charge in [-0.1, -0.05) is 6.58 Å². The second kappa shape index (κ2) is 12.8. The molecule has 41 heavy (non-hydrogen) atoms. The van der Waals surface area contributed by atoms with Crippen LogP contribution in [0.5, 0.6) is 0 Å². The molecule has 8 heteroatoms. The number of aromatic nitrogens is 2. The van der Waals surface area contributed by atoms with E-state index in [4.69, 9.17) is 0 Å². The SMILES string of the molecule is C=C/C(=C\N=C)N1CCC[C@H](N(Cc2ccnc(C)c2)Cc2cn(C)c3cc(N4CCN(C)CC4)ccc3c2=O)C1. The molecule has 0 amide bonds. The summed E-state index contributed by atoms with van der Waals surface area (Å²) in [6.07, 6.45) is 9.67. The average molecular weight is 554 g/mol. The summed E-state index contributed by atoms with van der Waals surface area (Å²) in [5.74, 6) is 0. The fraction of sp³-hybridized carbons (Fsp3) is 0.424. The van der Waals surface area contributed by atoms with Gasteiger partial charge in [0.1, 0.15) is 0 Å². The van der Waals surface area contributed by atoms with Crippen LogP contribution in [0, 0.1) is 6.92 Å². The lowest BCUT2D eigenvalue weighted by atomic mass is 10.0. The molecule has 0 aliphatic carbocycles. The molecule has 5 rings (SSSR count). The van der Waals surface area contributed by atoms with Crippen molar-refractivity contribution in [1.82, 2.24) is 24.3 Å². The lowest BCUT2D eigenvalue weighted by Crippen LogP contribution is -2.47. The molecule has 4 heterocycles. The second-order valence-corrected chi connectivity index (χ2v) is 11.5. The van der Waals surface area contributed by atoms with E-state index >= 15 is 0 Å². The first kappa shape index (κ1) is 28.8. The summed E-state index contributed by atoms with van der Waals surface area (Å²) in [4.78, 5) is 31.9. The van der Waals surface area contributed by atoms with Crippen molar-refractivity contribution in [2.45, 2.75) is 38.9 Å². The van der Waals surface area contributed by atoms with E-state index in [0.717, 1.165) is 86.5 Å². The molecule has 2 aliphatic rings. The normalized spacial score (nSPS) is 18.7. The van der Waals surface area contributed by atoms with Crippen LogP contribution in [0.1, 0.15) is 29.7 Å². The van der Waals surface area contributed by atoms with Gasteiger partial charge in [0.2, 0.25) is 0 Å². The summed E-state index contributed by atoms with van der Waals surface area (Å²) in [5.41, 5.74) is 6.30. The number of pyridine rings is 2. The quantitative estimate of drug-likeness (QED) is 0.293. The number of hydrogen-bond acceptors (Lipinski definition) is 7. The van der Waals surface area contributed by atoms with E-state index in [1.807, 2.05) is 31.5 Å². The third kappa shape index (κ3) is 6.60. The molecule has 3 aromatic rings. The average Bonchev–Trinajstić information content (AvgIpc) is 2.98. The minimum absolute atomic E-state index is 0.120. The number of benzene rings is 1. The second-order valence-electron chi connectivity index (χ2n) is 11.5. The molecule has 216 valence electrons. The highest BCUT2D eigenvalue weighted by Crippen LogP contribution is 2.25. The molecule has 2 aliphatic heterocycles. The van der Waals surface area contributed by atoms with E-state index < -0.39 is 0 Å². The van der Waals surface area contributed by atoms with Crippen LogP contribution in [0.3, 0.4) is 0 Å². The zero-order valence-corrected chi connectivity index (χ0v) is 24.8. The molecular weight excluding hydrogens is 510 g/mol. The maximum absolute atomic E-state index is 13.9. The molecule has 1 aromatic carbocycles. The van der Waals surface area contributed by atoms with Crippen LogP contribution in [0.25, 0.3) is 10.9 Å². The van der Waals surface area contributed by atoms with Gasteiger partial charge in [-0.15, -0.1) is 0 Å². The number of likely N-dealkylation sites (tertiary alicyclic amines) is 1. The van der Waals surface area contributed by atoms with Gasteiger partial charge in [-0.2, -0.15) is 0 Å². The molecule has 2 aromatic heterocycles. The molecular formula is C33H43N7O. The van der Waals surface area contributed by atoms with Gasteiger partial charge in [0.05, 0.1) is 11.2 Å². The summed E-state index contributed by atoms with van der Waals surface area (Å²) in [7, 11) is 4.22. The number of allylic oxidation sites excluding steroid dienone is 1. The van der Waals surface area contributed by atoms with Crippen LogP contribution >= 0.6 is 0 Å². The minimum Gasteiger partial charge on any atom is -0.369 e. The zero-order chi connectivity index (χ0) is 28.9. The van der Waals surface area contributed by atoms with Gasteiger partial charge in [0.15, 0.2) is 5.43 Å². The Morgan fingerprint density at radius 1 is 1.12 bits per heavy atom. The van der Waals surface area contributed by atoms with Crippen molar-refractivity contribution in [3.05, 3.63) is 94.3 Å². The highest BCUT2D eigenvalue weighted by Gasteiger charge is 2.27. The molecule has 2 fully saturated rings. The van der Waals surface area contributed by atoms with Crippen molar-refractivity contribution >= 4 is 23.3 Å². The number of piperazine rings is 1. The number of piperidine rings is 1. The van der Waals surface area contributed by atoms with Crippen molar-refractivity contribution in [2.75, 3.05) is 51.2 Å². The first-order valence-electron chi connectivity index (χ1n) is 14.6. The number of aliphatic imine (C=N–C) groups is 1. The van der Waals surface area contributed by atoms with Crippen molar-refractivity contribution < 1.29 is 0 Å². The summed E-state index contributed by atoms with van der Waals surface area (Å²) in [5, 5.41) is 0.779. The first-order valence-corrected chi connectivity index (χ1v) is 14.6. The Balaban J connectivity index is 1.46. The van der Waals surface area contributed by atoms with Gasteiger partial charge in [-0.05, 0) is 75.5 Å². The van der Waals surface area contributed by atoms with Gasteiger partial charge >= 0.3 is 0 Å². The van der Waals surface area contributed by atoms with E-state index in [0.29, 0.717) is 6.54 Å². The van der Waals surface area contributed by atoms with Gasteiger partial charge < -0.3 is 19.3 Å². The third-order valence-corrected chi connectivity index (χ3v) is 8.55. The van der Waals surface area contributed by atoms with E-state index in [-0.39, 0.29) is 11.5 Å². The number of aryl methyl sites for hydroxylation is 2. The first-order chi connectivity index (χ1) is 19.9. The Kier molecular flexibility index (Phi) is 9.00. The Morgan fingerprint density at radius 2 is 1.93 bits per heavy atom. The summed E-state index contributed by atoms with van der Waals surface area (Å²) < 4.78 is 2.13. The predicted octanol–water partition coefficient (Wildman–Crippen LogP) is 4.19. The van der Waals surface area contributed by atoms with Crippen LogP contribution in [-0.4, -0.2) is 83.3 Å². The van der Waals surface area contributed by atoms with Gasteiger partial charge in [-0.3, -0.25) is 19.7 Å². The van der Waals surface area contributed by atoms with Crippen molar-refractivity contribution in [3.8, 4) is 0 Å². The molecule has 8 nitrogen and oxygen atoms in total. The number of anilines is 1. The minimum atomic E-state index is 0.120. The van der Waals surface area contributed by atoms with Crippen LogP contribution in [-0.2, 0) is 20.1 Å². The highest BCUT2D eigenvalue weighted by molar-refractivity contribution is 5.83. The molecule has 0 N–H and O–H groups in total. The van der Waals surface area contributed by atoms with E-state index in [1.54, 1.807) is 6.20 Å². The molecule has 0 radical (unpaired) electrons. The number of likely N-dealkylation sites (N-methyl/N-ethyl adjacent to an activating group) is 1. The molecule has 2 saturated heterocycles. The topological polar surface area (TPSA) is 60.2 Å². The Morgan fingerprint density at radius 3 is 2.66 bits per heavy atom. The fourth-order valence-electron chi connectivity index (χ4n) is 6.23. The number of rotatable bonds is 9. The lowest BCUT2D eigenvalue weighted by molar-refractivity contribution is 0.104. The largest absolute Gasteiger partial charge is 0.369 e. The molecule has 0 unspecified atom stereocenters. The smallest absolute Gasteiger partial charge is 0.193 e. The van der Waals surface area contributed by atoms with Crippen LogP contribution in [0.4, 0.5) is 5.69 Å². The monoisotopic (exact) mass is 553 g/mol. The van der Waals surface area contributed by atoms with Gasteiger partial charge in [0, 0.05) is 106 Å². The standard InChI is InChI=1S/C33H43N7O/c1-6-28(20-34-3)39-13-7-8-30(24-39)40(21-26-11-12-35-25(2)18-26)23-27-22-37(5)32-19-29(9-10-31(32)33(27)41)38-16-14-36(4)15-17-38/h6,9-12,18-20,22,30H,1,3,7-8,13-17,21,23-24H2,2,4-5H3/b28-20+/t30-/m0/s1. The van der Waals surface area contributed by atoms with Gasteiger partial charge in [-0.25, -0.2) is 0 Å². The van der Waals surface area contributed by atoms with Crippen LogP contribution in [0.15, 0.2) is 77.1 Å². The summed E-state index contributed by atoms with van der Waals surface area (Å²) in [6.45, 7) is 16.9. The maximum atomic E-state index is 13.9. The Labute approximate surface area is 243 Å². The molecule has 0 bridgehead atoms. The number of fused-ring (bicyclic) bond motifs is 1. The van der Waals surface area contributed by atoms with Crippen molar-refractivity contribution in [2.24, 2.45) is 12.0 Å². The lowest BCUT2D eigenvalue weighted by Gasteiger charge is -2.40. The van der Waals surface area contributed by atoms with E-state index in [9.17, 15) is 4.79 Å². The van der Waals surface area contributed by atoms with Crippen LogP contribution < -0.4 is 10.3 Å². The number of nitrogens with zero attached hydrogens (tertiary/aromatic N) is 7. The molecule has 1 atom stereocenters. The summed E-state index contributed by atoms with van der Waals surface area (Å²) in [6, 6.07) is 10.8. The Hall–Kier alpha value is -3.75. The third-order valence-electron chi connectivity index (χ3n) is 8.55. The Bertz CT molecular complexity index is 1480. The van der Waals surface area contributed by atoms with Crippen LogP contribution in [0.2, 0.25) is 0 Å². The summed E-state index contributed by atoms with van der Waals surface area (Å²) >= 11 is 0.